The maximum absolute atomic E-state index is 13.5. The summed E-state index contributed by atoms with van der Waals surface area (Å²) in [5.74, 6) is 1.34. The maximum atomic E-state index is 13.5. The molecule has 0 saturated heterocycles. The molecule has 2 aromatic heterocycles. The number of hydrogen-bond donors (Lipinski definition) is 1. The molecule has 1 N–H and O–H groups in total. The lowest BCUT2D eigenvalue weighted by molar-refractivity contribution is -0.116. The van der Waals surface area contributed by atoms with Gasteiger partial charge in [0, 0.05) is 31.8 Å². The van der Waals surface area contributed by atoms with Gasteiger partial charge in [-0.3, -0.25) is 9.78 Å². The number of rotatable bonds is 6. The first-order valence-electron chi connectivity index (χ1n) is 9.20. The number of hydrogen-bond acceptors (Lipinski definition) is 5. The molecule has 0 amide bonds. The van der Waals surface area contributed by atoms with Gasteiger partial charge < -0.3 is 14.6 Å². The molecule has 0 spiro atoms. The lowest BCUT2D eigenvalue weighted by Crippen LogP contribution is -2.00. The van der Waals surface area contributed by atoms with E-state index in [1.54, 1.807) is 24.4 Å². The summed E-state index contributed by atoms with van der Waals surface area (Å²) in [6.07, 6.45) is 1.87. The van der Waals surface area contributed by atoms with Crippen molar-refractivity contribution in [3.05, 3.63) is 71.3 Å². The number of halogens is 2. The van der Waals surface area contributed by atoms with Gasteiger partial charge in [-0.05, 0) is 43.3 Å². The Hall–Kier alpha value is -3.45. The number of pyridine rings is 1. The first-order chi connectivity index (χ1) is 14.4. The predicted molar refractivity (Wildman–Crippen MR) is 114 cm³/mol. The molecule has 2 aromatic carbocycles. The number of carbonyl (C=O) groups excluding carboxylic acids is 1. The van der Waals surface area contributed by atoms with Crippen LogP contribution in [0.3, 0.4) is 0 Å². The molecule has 30 heavy (non-hydrogen) atoms. The van der Waals surface area contributed by atoms with E-state index < -0.39 is 5.82 Å². The van der Waals surface area contributed by atoms with E-state index in [1.165, 1.54) is 25.1 Å². The molecule has 6 nitrogen and oxygen atoms in total. The number of ketones is 1. The third-order valence-electron chi connectivity index (χ3n) is 4.48. The fraction of sp³-hybridized carbons (Fsp3) is 0.136. The van der Waals surface area contributed by atoms with E-state index in [-0.39, 0.29) is 12.2 Å². The van der Waals surface area contributed by atoms with Gasteiger partial charge in [-0.25, -0.2) is 9.37 Å². The Morgan fingerprint density at radius 3 is 2.77 bits per heavy atom. The Morgan fingerprint density at radius 2 is 1.97 bits per heavy atom. The van der Waals surface area contributed by atoms with Crippen molar-refractivity contribution in [3.8, 4) is 11.5 Å². The van der Waals surface area contributed by atoms with Gasteiger partial charge in [0.05, 0.1) is 27.4 Å². The van der Waals surface area contributed by atoms with E-state index in [0.29, 0.717) is 39.4 Å². The molecule has 0 bridgehead atoms. The van der Waals surface area contributed by atoms with E-state index in [1.807, 2.05) is 23.7 Å². The largest absolute Gasteiger partial charge is 0.457 e. The average Bonchev–Trinajstić information content (AvgIpc) is 2.99. The van der Waals surface area contributed by atoms with Crippen molar-refractivity contribution < 1.29 is 13.9 Å². The van der Waals surface area contributed by atoms with Gasteiger partial charge >= 0.3 is 0 Å². The number of benzene rings is 2. The van der Waals surface area contributed by atoms with Gasteiger partial charge in [0.15, 0.2) is 0 Å². The highest BCUT2D eigenvalue weighted by atomic mass is 35.5. The van der Waals surface area contributed by atoms with Crippen molar-refractivity contribution in [1.82, 2.24) is 14.5 Å². The maximum Gasteiger partial charge on any atom is 0.208 e. The van der Waals surface area contributed by atoms with Gasteiger partial charge in [-0.1, -0.05) is 11.6 Å². The number of nitrogens with one attached hydrogen (secondary N) is 1. The number of fused-ring (bicyclic) bond motifs is 1. The van der Waals surface area contributed by atoms with Crippen molar-refractivity contribution in [2.75, 3.05) is 5.32 Å². The summed E-state index contributed by atoms with van der Waals surface area (Å²) in [6.45, 7) is 1.52. The van der Waals surface area contributed by atoms with Gasteiger partial charge in [0.2, 0.25) is 5.95 Å². The monoisotopic (exact) mass is 424 g/mol. The van der Waals surface area contributed by atoms with Crippen molar-refractivity contribution in [2.24, 2.45) is 7.05 Å². The van der Waals surface area contributed by atoms with Crippen LogP contribution in [0.25, 0.3) is 11.0 Å². The number of aromatic nitrogens is 3. The third-order valence-corrected chi connectivity index (χ3v) is 4.81. The first kappa shape index (κ1) is 19.8. The van der Waals surface area contributed by atoms with Crippen molar-refractivity contribution in [3.63, 3.8) is 0 Å². The summed E-state index contributed by atoms with van der Waals surface area (Å²) in [4.78, 5) is 20.1. The molecule has 0 fully saturated rings. The zero-order chi connectivity index (χ0) is 21.3. The summed E-state index contributed by atoms with van der Waals surface area (Å²) in [5, 5.41) is 3.46. The van der Waals surface area contributed by atoms with Crippen molar-refractivity contribution in [2.45, 2.75) is 13.3 Å². The normalized spacial score (nSPS) is 10.9. The average molecular weight is 425 g/mol. The minimum atomic E-state index is -0.391. The van der Waals surface area contributed by atoms with Crippen LogP contribution in [0.5, 0.6) is 11.5 Å². The molecule has 0 saturated carbocycles. The van der Waals surface area contributed by atoms with Crippen molar-refractivity contribution in [1.29, 1.82) is 0 Å². The van der Waals surface area contributed by atoms with Crippen LogP contribution in [0.2, 0.25) is 5.02 Å². The molecule has 8 heteroatoms. The second-order valence-corrected chi connectivity index (χ2v) is 7.27. The smallest absolute Gasteiger partial charge is 0.208 e. The molecule has 0 aliphatic heterocycles. The lowest BCUT2D eigenvalue weighted by atomic mass is 10.2. The first-order valence-corrected chi connectivity index (χ1v) is 9.57. The number of anilines is 2. The highest BCUT2D eigenvalue weighted by Crippen LogP contribution is 2.30. The van der Waals surface area contributed by atoms with E-state index >= 15 is 0 Å². The van der Waals surface area contributed by atoms with Crippen LogP contribution in [-0.2, 0) is 18.3 Å². The summed E-state index contributed by atoms with van der Waals surface area (Å²) in [7, 11) is 1.85. The number of imidazole rings is 1. The second kappa shape index (κ2) is 8.12. The topological polar surface area (TPSA) is 69.0 Å². The molecule has 0 aliphatic carbocycles. The highest BCUT2D eigenvalue weighted by molar-refractivity contribution is 6.33. The van der Waals surface area contributed by atoms with Crippen LogP contribution >= 0.6 is 11.6 Å². The molecule has 0 atom stereocenters. The number of aryl methyl sites for hydroxylation is 1. The van der Waals surface area contributed by atoms with Crippen LogP contribution in [0, 0.1) is 5.82 Å². The lowest BCUT2D eigenvalue weighted by Gasteiger charge is -2.08. The van der Waals surface area contributed by atoms with E-state index in [4.69, 9.17) is 16.3 Å². The van der Waals surface area contributed by atoms with Crippen molar-refractivity contribution >= 4 is 40.1 Å². The standard InChI is InChI=1S/C22H18ClFN4O2/c1-13(29)9-15-11-17(7-8-25-15)30-16-4-6-21-20(12-16)27-22(28(21)2)26-19-10-14(24)3-5-18(19)23/h3-8,10-12H,9H2,1-2H3,(H,26,27). The Balaban J connectivity index is 1.60. The van der Waals surface area contributed by atoms with Gasteiger partial charge in [-0.15, -0.1) is 0 Å². The minimum Gasteiger partial charge on any atom is -0.457 e. The van der Waals surface area contributed by atoms with Crippen LogP contribution in [0.4, 0.5) is 16.0 Å². The second-order valence-electron chi connectivity index (χ2n) is 6.86. The Morgan fingerprint density at radius 1 is 1.17 bits per heavy atom. The molecular formula is C22H18ClFN4O2. The summed E-state index contributed by atoms with van der Waals surface area (Å²) in [6, 6.07) is 13.1. The summed E-state index contributed by atoms with van der Waals surface area (Å²) >= 11 is 6.14. The SMILES string of the molecule is CC(=O)Cc1cc(Oc2ccc3c(c2)nc(Nc2cc(F)ccc2Cl)n3C)ccn1. The zero-order valence-electron chi connectivity index (χ0n) is 16.3. The van der Waals surface area contributed by atoms with Gasteiger partial charge in [0.1, 0.15) is 23.1 Å². The third kappa shape index (κ3) is 4.26. The summed E-state index contributed by atoms with van der Waals surface area (Å²) in [5.41, 5.74) is 2.64. The van der Waals surface area contributed by atoms with Crippen LogP contribution in [-0.4, -0.2) is 20.3 Å². The highest BCUT2D eigenvalue weighted by Gasteiger charge is 2.12. The van der Waals surface area contributed by atoms with E-state index in [2.05, 4.69) is 15.3 Å². The Bertz CT molecular complexity index is 1260. The molecule has 4 rings (SSSR count). The van der Waals surface area contributed by atoms with Gasteiger partial charge in [-0.2, -0.15) is 0 Å². The Kier molecular flexibility index (Phi) is 5.37. The predicted octanol–water partition coefficient (Wildman–Crippen LogP) is 5.43. The zero-order valence-corrected chi connectivity index (χ0v) is 17.1. The Labute approximate surface area is 177 Å². The molecule has 0 radical (unpaired) electrons. The van der Waals surface area contributed by atoms with Crippen LogP contribution in [0.1, 0.15) is 12.6 Å². The van der Waals surface area contributed by atoms with Gasteiger partial charge in [0.25, 0.3) is 0 Å². The number of ether oxygens (including phenoxy) is 1. The molecule has 4 aromatic rings. The molecule has 2 heterocycles. The van der Waals surface area contributed by atoms with Crippen LogP contribution < -0.4 is 10.1 Å². The van der Waals surface area contributed by atoms with E-state index in [0.717, 1.165) is 5.52 Å². The summed E-state index contributed by atoms with van der Waals surface area (Å²) < 4.78 is 21.3. The quantitative estimate of drug-likeness (QED) is 0.447. The fourth-order valence-electron chi connectivity index (χ4n) is 3.08. The molecule has 0 aliphatic rings. The number of nitrogens with zero attached hydrogens (tertiary/aromatic N) is 3. The molecule has 0 unspecified atom stereocenters. The fourth-order valence-corrected chi connectivity index (χ4v) is 3.24. The molecule has 152 valence electrons. The number of carbonyl (C=O) groups is 1. The van der Waals surface area contributed by atoms with E-state index in [9.17, 15) is 9.18 Å². The number of Topliss-reactive ketones (excluding diaryl/α,β-unsaturated/α-hetero) is 1. The van der Waals surface area contributed by atoms with Crippen LogP contribution in [0.15, 0.2) is 54.7 Å². The minimum absolute atomic E-state index is 0.0352. The molecular weight excluding hydrogens is 407 g/mol.